The molecule has 0 aliphatic carbocycles. The SMILES string of the molecule is CCn1ccc(=O)nc1SCc1ccc(OC(F)F)cc1. The van der Waals surface area contributed by atoms with Gasteiger partial charge in [0.2, 0.25) is 0 Å². The molecule has 0 saturated heterocycles. The number of benzene rings is 1. The van der Waals surface area contributed by atoms with Gasteiger partial charge in [0.25, 0.3) is 5.56 Å². The van der Waals surface area contributed by atoms with E-state index in [2.05, 4.69) is 9.72 Å². The van der Waals surface area contributed by atoms with Gasteiger partial charge in [0.15, 0.2) is 5.16 Å². The van der Waals surface area contributed by atoms with Gasteiger partial charge in [0, 0.05) is 24.6 Å². The number of hydrogen-bond donors (Lipinski definition) is 0. The van der Waals surface area contributed by atoms with Crippen LogP contribution in [0.5, 0.6) is 5.75 Å². The van der Waals surface area contributed by atoms with Crippen molar-refractivity contribution < 1.29 is 13.5 Å². The number of rotatable bonds is 6. The molecule has 0 N–H and O–H groups in total. The number of thioether (sulfide) groups is 1. The van der Waals surface area contributed by atoms with Gasteiger partial charge in [0.05, 0.1) is 0 Å². The fourth-order valence-electron chi connectivity index (χ4n) is 1.68. The van der Waals surface area contributed by atoms with Gasteiger partial charge in [-0.15, -0.1) is 0 Å². The van der Waals surface area contributed by atoms with Crippen LogP contribution in [-0.4, -0.2) is 16.2 Å². The summed E-state index contributed by atoms with van der Waals surface area (Å²) in [6, 6.07) is 7.83. The van der Waals surface area contributed by atoms with Gasteiger partial charge in [-0.25, -0.2) is 0 Å². The van der Waals surface area contributed by atoms with Crippen molar-refractivity contribution in [2.75, 3.05) is 0 Å². The van der Waals surface area contributed by atoms with Crippen molar-refractivity contribution in [3.05, 3.63) is 52.4 Å². The van der Waals surface area contributed by atoms with Crippen LogP contribution in [0.25, 0.3) is 0 Å². The van der Waals surface area contributed by atoms with E-state index in [4.69, 9.17) is 0 Å². The summed E-state index contributed by atoms with van der Waals surface area (Å²) in [6.07, 6.45) is 1.71. The number of aromatic nitrogens is 2. The van der Waals surface area contributed by atoms with E-state index >= 15 is 0 Å². The van der Waals surface area contributed by atoms with Crippen LogP contribution in [0.15, 0.2) is 46.5 Å². The van der Waals surface area contributed by atoms with Crippen LogP contribution in [0.3, 0.4) is 0 Å². The van der Waals surface area contributed by atoms with Crippen LogP contribution >= 0.6 is 11.8 Å². The Morgan fingerprint density at radius 1 is 1.29 bits per heavy atom. The van der Waals surface area contributed by atoms with E-state index in [1.807, 2.05) is 11.5 Å². The largest absolute Gasteiger partial charge is 0.435 e. The lowest BCUT2D eigenvalue weighted by atomic mass is 10.2. The van der Waals surface area contributed by atoms with Gasteiger partial charge in [-0.2, -0.15) is 13.8 Å². The number of hydrogen-bond acceptors (Lipinski definition) is 4. The van der Waals surface area contributed by atoms with E-state index in [0.29, 0.717) is 10.9 Å². The number of ether oxygens (including phenoxy) is 1. The van der Waals surface area contributed by atoms with Crippen molar-refractivity contribution in [1.82, 2.24) is 9.55 Å². The summed E-state index contributed by atoms with van der Waals surface area (Å²) < 4.78 is 30.3. The van der Waals surface area contributed by atoms with Crippen LogP contribution in [0.2, 0.25) is 0 Å². The van der Waals surface area contributed by atoms with E-state index in [9.17, 15) is 13.6 Å². The zero-order valence-corrected chi connectivity index (χ0v) is 12.1. The molecule has 0 unspecified atom stereocenters. The van der Waals surface area contributed by atoms with Crippen LogP contribution in [0, 0.1) is 0 Å². The second-order valence-corrected chi connectivity index (χ2v) is 5.09. The molecule has 1 aromatic carbocycles. The Morgan fingerprint density at radius 3 is 2.62 bits per heavy atom. The first kappa shape index (κ1) is 15.5. The summed E-state index contributed by atoms with van der Waals surface area (Å²) in [5.41, 5.74) is 0.658. The zero-order valence-electron chi connectivity index (χ0n) is 11.3. The monoisotopic (exact) mass is 312 g/mol. The number of aryl methyl sites for hydroxylation is 1. The zero-order chi connectivity index (χ0) is 15.2. The van der Waals surface area contributed by atoms with Crippen molar-refractivity contribution in [2.24, 2.45) is 0 Å². The first-order valence-electron chi connectivity index (χ1n) is 6.32. The Morgan fingerprint density at radius 2 is 2.00 bits per heavy atom. The molecule has 1 aromatic heterocycles. The van der Waals surface area contributed by atoms with Crippen molar-refractivity contribution in [3.63, 3.8) is 0 Å². The average molecular weight is 312 g/mol. The van der Waals surface area contributed by atoms with E-state index in [1.54, 1.807) is 18.3 Å². The normalized spacial score (nSPS) is 10.9. The van der Waals surface area contributed by atoms with Crippen molar-refractivity contribution in [3.8, 4) is 5.75 Å². The highest BCUT2D eigenvalue weighted by molar-refractivity contribution is 7.98. The first-order chi connectivity index (χ1) is 10.1. The summed E-state index contributed by atoms with van der Waals surface area (Å²) in [5.74, 6) is 0.716. The first-order valence-corrected chi connectivity index (χ1v) is 7.31. The van der Waals surface area contributed by atoms with E-state index in [0.717, 1.165) is 12.1 Å². The van der Waals surface area contributed by atoms with Crippen molar-refractivity contribution in [2.45, 2.75) is 31.0 Å². The summed E-state index contributed by atoms with van der Waals surface area (Å²) in [4.78, 5) is 15.3. The van der Waals surface area contributed by atoms with Crippen LogP contribution in [-0.2, 0) is 12.3 Å². The third kappa shape index (κ3) is 4.56. The molecule has 1 heterocycles. The summed E-state index contributed by atoms with van der Waals surface area (Å²) in [5, 5.41) is 0.637. The molecule has 0 amide bonds. The van der Waals surface area contributed by atoms with Crippen LogP contribution in [0.1, 0.15) is 12.5 Å². The molecule has 0 spiro atoms. The molecule has 2 aromatic rings. The van der Waals surface area contributed by atoms with Crippen molar-refractivity contribution in [1.29, 1.82) is 0 Å². The van der Waals surface area contributed by atoms with Crippen molar-refractivity contribution >= 4 is 11.8 Å². The number of halogens is 2. The fourth-order valence-corrected chi connectivity index (χ4v) is 2.68. The lowest BCUT2D eigenvalue weighted by Gasteiger charge is -2.09. The van der Waals surface area contributed by atoms with Gasteiger partial charge in [-0.1, -0.05) is 23.9 Å². The Kier molecular flexibility index (Phi) is 5.32. The predicted molar refractivity (Wildman–Crippen MR) is 76.8 cm³/mol. The Bertz CT molecular complexity index is 644. The summed E-state index contributed by atoms with van der Waals surface area (Å²) in [6.45, 7) is -0.138. The number of alkyl halides is 2. The Balaban J connectivity index is 2.03. The van der Waals surface area contributed by atoms with E-state index < -0.39 is 6.61 Å². The molecule has 0 atom stereocenters. The van der Waals surface area contributed by atoms with Gasteiger partial charge >= 0.3 is 6.61 Å². The fraction of sp³-hybridized carbons (Fsp3) is 0.286. The molecule has 21 heavy (non-hydrogen) atoms. The smallest absolute Gasteiger partial charge is 0.387 e. The lowest BCUT2D eigenvalue weighted by Crippen LogP contribution is -2.12. The minimum Gasteiger partial charge on any atom is -0.435 e. The van der Waals surface area contributed by atoms with E-state index in [1.165, 1.54) is 30.0 Å². The minimum atomic E-state index is -2.82. The topological polar surface area (TPSA) is 44.1 Å². The minimum absolute atomic E-state index is 0.127. The highest BCUT2D eigenvalue weighted by atomic mass is 32.2. The molecule has 112 valence electrons. The summed E-state index contributed by atoms with van der Waals surface area (Å²) in [7, 11) is 0. The summed E-state index contributed by atoms with van der Waals surface area (Å²) >= 11 is 1.42. The standard InChI is InChI=1S/C14H14F2N2O2S/c1-2-18-8-7-12(19)17-14(18)21-9-10-3-5-11(6-4-10)20-13(15)16/h3-8,13H,2,9H2,1H3. The molecular weight excluding hydrogens is 298 g/mol. The molecule has 0 saturated carbocycles. The lowest BCUT2D eigenvalue weighted by molar-refractivity contribution is -0.0498. The average Bonchev–Trinajstić information content (AvgIpc) is 2.46. The van der Waals surface area contributed by atoms with Crippen LogP contribution in [0.4, 0.5) is 8.78 Å². The maximum atomic E-state index is 12.0. The van der Waals surface area contributed by atoms with Gasteiger partial charge in [-0.05, 0) is 24.6 Å². The molecule has 7 heteroatoms. The maximum Gasteiger partial charge on any atom is 0.387 e. The predicted octanol–water partition coefficient (Wildman–Crippen LogP) is 3.16. The third-order valence-electron chi connectivity index (χ3n) is 2.71. The quantitative estimate of drug-likeness (QED) is 0.607. The van der Waals surface area contributed by atoms with E-state index in [-0.39, 0.29) is 11.3 Å². The molecule has 0 fully saturated rings. The molecular formula is C14H14F2N2O2S. The maximum absolute atomic E-state index is 12.0. The Labute approximate surface area is 124 Å². The number of nitrogens with zero attached hydrogens (tertiary/aromatic N) is 2. The molecule has 0 aliphatic rings. The van der Waals surface area contributed by atoms with Gasteiger partial charge in [0.1, 0.15) is 5.75 Å². The highest BCUT2D eigenvalue weighted by Gasteiger charge is 2.06. The second-order valence-electron chi connectivity index (χ2n) is 4.15. The molecule has 2 rings (SSSR count). The second kappa shape index (κ2) is 7.21. The Hall–Kier alpha value is -1.89. The molecule has 4 nitrogen and oxygen atoms in total. The van der Waals surface area contributed by atoms with Gasteiger partial charge in [-0.3, -0.25) is 4.79 Å². The third-order valence-corrected chi connectivity index (χ3v) is 3.77. The van der Waals surface area contributed by atoms with Gasteiger partial charge < -0.3 is 9.30 Å². The molecule has 0 bridgehead atoms. The van der Waals surface area contributed by atoms with Crippen LogP contribution < -0.4 is 10.3 Å². The highest BCUT2D eigenvalue weighted by Crippen LogP contribution is 2.22. The molecule has 0 aliphatic heterocycles. The molecule has 0 radical (unpaired) electrons.